The molecule has 0 atom stereocenters. The Bertz CT molecular complexity index is 6420. The Morgan fingerprint density at radius 1 is 0.282 bits per heavy atom. The van der Waals surface area contributed by atoms with Gasteiger partial charge in [0.2, 0.25) is 0 Å². The van der Waals surface area contributed by atoms with Crippen molar-refractivity contribution in [3.8, 4) is 115 Å². The van der Waals surface area contributed by atoms with E-state index in [0.717, 1.165) is 0 Å². The van der Waals surface area contributed by atoms with E-state index in [-0.39, 0.29) is 134 Å². The first-order valence-electron chi connectivity index (χ1n) is 35.6. The van der Waals surface area contributed by atoms with Crippen LogP contribution in [0.15, 0.2) is 287 Å². The average molecular weight is 1590 g/mol. The van der Waals surface area contributed by atoms with Crippen LogP contribution in [0.5, 0.6) is 69.0 Å². The van der Waals surface area contributed by atoms with Crippen molar-refractivity contribution in [2.75, 3.05) is 0 Å². The largest absolute Gasteiger partial charge is 2.00 e. The Balaban J connectivity index is 0.0000102. The predicted molar refractivity (Wildman–Crippen MR) is 433 cm³/mol. The summed E-state index contributed by atoms with van der Waals surface area (Å²) in [6, 6.07) is 73.4. The van der Waals surface area contributed by atoms with E-state index in [1.165, 1.54) is 73.4 Å². The molecule has 8 bridgehead atoms. The van der Waals surface area contributed by atoms with Crippen molar-refractivity contribution >= 4 is 92.6 Å². The summed E-state index contributed by atoms with van der Waals surface area (Å²) in [6.45, 7) is 0. The molecule has 2 aliphatic rings. The summed E-state index contributed by atoms with van der Waals surface area (Å²) in [7, 11) is 0. The molecule has 28 nitrogen and oxygen atoms in total. The summed E-state index contributed by atoms with van der Waals surface area (Å²) in [5, 5.41) is 60.3. The number of fused-ring (bicyclic) bond motifs is 20. The van der Waals surface area contributed by atoms with E-state index >= 15 is 0 Å². The summed E-state index contributed by atoms with van der Waals surface area (Å²) in [4.78, 5) is 95.2. The maximum absolute atomic E-state index is 13.2. The molecule has 0 radical (unpaired) electrons. The number of carbonyl (C=O) groups excluding carboxylic acids is 4. The van der Waals surface area contributed by atoms with Gasteiger partial charge in [0.1, 0.15) is 69.0 Å². The summed E-state index contributed by atoms with van der Waals surface area (Å²) < 4.78 is 27.6. The Hall–Kier alpha value is -16.4. The molecular formula is C88H56N16O12Zn. The normalized spacial score (nSPS) is 11.5. The van der Waals surface area contributed by atoms with Crippen LogP contribution in [0.3, 0.4) is 0 Å². The number of nitrogens with zero attached hydrogens (tertiary/aromatic N) is 12. The second-order valence-corrected chi connectivity index (χ2v) is 25.6. The van der Waals surface area contributed by atoms with Crippen molar-refractivity contribution in [3.05, 3.63) is 311 Å². The smallest absolute Gasteiger partial charge is 0.507 e. The molecule has 0 spiro atoms. The fourth-order valence-electron chi connectivity index (χ4n) is 12.8. The van der Waals surface area contributed by atoms with Gasteiger partial charge in [-0.1, -0.05) is 146 Å². The van der Waals surface area contributed by atoms with E-state index in [1.807, 2.05) is 0 Å². The van der Waals surface area contributed by atoms with Crippen molar-refractivity contribution in [3.63, 3.8) is 0 Å². The van der Waals surface area contributed by atoms with Crippen LogP contribution in [0.2, 0.25) is 0 Å². The minimum absolute atomic E-state index is 0. The van der Waals surface area contributed by atoms with E-state index in [4.69, 9.17) is 58.8 Å². The number of phenols is 4. The number of aromatic nitrogens is 8. The molecule has 15 aromatic rings. The second-order valence-electron chi connectivity index (χ2n) is 25.6. The first-order chi connectivity index (χ1) is 56.8. The topological polar surface area (TPSA) is 389 Å². The number of hydrogen-bond donors (Lipinski definition) is 8. The quantitative estimate of drug-likeness (QED) is 0.0200. The van der Waals surface area contributed by atoms with Crippen molar-refractivity contribution in [2.24, 2.45) is 20.4 Å². The van der Waals surface area contributed by atoms with E-state index in [9.17, 15) is 39.6 Å². The maximum atomic E-state index is 13.2. The van der Waals surface area contributed by atoms with Gasteiger partial charge in [-0.15, -0.1) is 0 Å². The molecule has 17 rings (SSSR count). The van der Waals surface area contributed by atoms with Crippen LogP contribution in [-0.4, -0.2) is 98.8 Å². The van der Waals surface area contributed by atoms with Crippen LogP contribution in [0.1, 0.15) is 63.7 Å². The average Bonchev–Trinajstić information content (AvgIpc) is 1.58. The van der Waals surface area contributed by atoms with Crippen molar-refractivity contribution in [1.82, 2.24) is 61.6 Å². The molecule has 562 valence electrons. The molecule has 117 heavy (non-hydrogen) atoms. The molecule has 3 aromatic heterocycles. The van der Waals surface area contributed by atoms with Crippen molar-refractivity contribution in [1.29, 1.82) is 0 Å². The number of para-hydroxylation sites is 8. The van der Waals surface area contributed by atoms with Gasteiger partial charge in [-0.3, -0.25) is 19.2 Å². The third-order valence-electron chi connectivity index (χ3n) is 18.3. The number of nitrogens with one attached hydrogen (secondary N) is 4. The molecule has 2 aliphatic heterocycles. The van der Waals surface area contributed by atoms with Crippen LogP contribution in [0, 0.1) is 0 Å². The third kappa shape index (κ3) is 15.5. The van der Waals surface area contributed by atoms with Gasteiger partial charge in [-0.2, -0.15) is 20.4 Å². The SMILES string of the molecule is O=C(N/N=C/c1ccccc1Oc1cccc2c1-c1nc-2nc2[n-]c(nc3nc(nc4[n-]c(n1)c1cccc(Oc5ccccc5/C=N/NC(=O)c5ccccc5O)c41)-c1cccc(Oc4ccccc4/C=N/NC(=O)c4ccccc4O)c1-3)c1cccc(Oc3ccccc3/C=N/NC(=O)c3ccccc3O)c21)c1ccccc1O.[Zn+2]. The third-order valence-corrected chi connectivity index (χ3v) is 18.3. The Labute approximate surface area is 674 Å². The van der Waals surface area contributed by atoms with E-state index in [2.05, 4.69) is 42.1 Å². The fourth-order valence-corrected chi connectivity index (χ4v) is 12.8. The summed E-state index contributed by atoms with van der Waals surface area (Å²) >= 11 is 0. The first-order valence-corrected chi connectivity index (χ1v) is 35.6. The summed E-state index contributed by atoms with van der Waals surface area (Å²) in [5.41, 5.74) is 13.6. The van der Waals surface area contributed by atoms with Gasteiger partial charge in [-0.25, -0.2) is 31.7 Å². The zero-order valence-electron chi connectivity index (χ0n) is 60.8. The Kier molecular flexibility index (Phi) is 21.0. The first kappa shape index (κ1) is 74.7. The summed E-state index contributed by atoms with van der Waals surface area (Å²) in [6.07, 6.45) is 5.61. The molecule has 29 heteroatoms. The maximum Gasteiger partial charge on any atom is 2.00 e. The molecule has 8 N–H and O–H groups in total. The van der Waals surface area contributed by atoms with Gasteiger partial charge >= 0.3 is 19.5 Å². The van der Waals surface area contributed by atoms with Gasteiger partial charge in [0, 0.05) is 66.7 Å². The molecule has 4 amide bonds. The molecule has 0 fully saturated rings. The molecule has 12 aromatic carbocycles. The van der Waals surface area contributed by atoms with E-state index in [0.29, 0.717) is 89.1 Å². The minimum atomic E-state index is -0.653. The van der Waals surface area contributed by atoms with Crippen molar-refractivity contribution in [2.45, 2.75) is 0 Å². The number of rotatable bonds is 20. The number of aromatic hydroxyl groups is 4. The van der Waals surface area contributed by atoms with Gasteiger partial charge in [0.05, 0.1) is 81.5 Å². The number of hydrazone groups is 4. The van der Waals surface area contributed by atoms with Gasteiger partial charge in [-0.05, 0) is 132 Å². The minimum Gasteiger partial charge on any atom is -0.507 e. The molecular weight excluding hydrogens is 1540 g/mol. The second kappa shape index (κ2) is 32.9. The van der Waals surface area contributed by atoms with E-state index < -0.39 is 23.6 Å². The Morgan fingerprint density at radius 2 is 0.538 bits per heavy atom. The van der Waals surface area contributed by atoms with Crippen molar-refractivity contribution < 1.29 is 78.0 Å². The van der Waals surface area contributed by atoms with Gasteiger partial charge < -0.3 is 69.3 Å². The van der Waals surface area contributed by atoms with Crippen LogP contribution in [0.4, 0.5) is 0 Å². The number of phenolic OH excluding ortho intramolecular Hbond substituents is 4. The number of carbonyl (C=O) groups is 4. The summed E-state index contributed by atoms with van der Waals surface area (Å²) in [5.74, 6) is -1.06. The van der Waals surface area contributed by atoms with Gasteiger partial charge in [0.25, 0.3) is 23.6 Å². The zero-order valence-corrected chi connectivity index (χ0v) is 63.8. The van der Waals surface area contributed by atoms with Crippen LogP contribution in [0.25, 0.3) is 89.7 Å². The predicted octanol–water partition coefficient (Wildman–Crippen LogP) is 15.2. The molecule has 0 aliphatic carbocycles. The molecule has 0 saturated heterocycles. The van der Waals surface area contributed by atoms with Crippen LogP contribution < -0.4 is 50.6 Å². The standard InChI is InChI=1S/C88H58N16O12.Zn/c105-61-33-9-5-25-53(61)85(109)101-89-45-49-21-1-13-37-65(49)113-69-41-17-29-57-73(69)81-93-77(57)98-82-75-59(31-19-43-71(75)115-67-39-15-3-23-51(67)47-91-103-87(111)55-27-7-11-35-63(55)107)79(95-82)100-84-76-60(32-20-44-72(76)116-68-40-16-4-24-52(68)48-92-104-88(112)56-28-8-12-36-64(56)108)80(96-84)99-83-74-58(78(94-83)97-81)30-18-42-70(74)114-66-38-14-2-22-50(66)46-90-102-86(110)54-26-6-10-34-62(54)106;/h1-48H,(H10,93,94,95,96,97,98,99,100,101,102,103,104,105,106,107,108,109,110,111,112);/q;+2/p-2/b89-45+,90-46+,91-47+,92-48+;. The van der Waals surface area contributed by atoms with Crippen LogP contribution >= 0.6 is 0 Å². The number of benzene rings is 12. The number of hydrogen-bond acceptors (Lipinski definition) is 22. The molecule has 0 saturated carbocycles. The van der Waals surface area contributed by atoms with Gasteiger partial charge in [0.15, 0.2) is 0 Å². The number of amides is 4. The zero-order chi connectivity index (χ0) is 79.2. The van der Waals surface area contributed by atoms with Crippen LogP contribution in [-0.2, 0) is 19.5 Å². The monoisotopic (exact) mass is 1590 g/mol. The molecule has 5 heterocycles. The molecule has 0 unspecified atom stereocenters. The van der Waals surface area contributed by atoms with E-state index in [1.54, 1.807) is 218 Å². The number of ether oxygens (including phenoxy) is 4. The fraction of sp³-hybridized carbons (Fsp3) is 0. The Morgan fingerprint density at radius 3 is 0.855 bits per heavy atom.